The van der Waals surface area contributed by atoms with Crippen LogP contribution < -0.4 is 5.32 Å². The molecule has 0 spiro atoms. The second kappa shape index (κ2) is 7.16. The van der Waals surface area contributed by atoms with Crippen LogP contribution in [-0.4, -0.2) is 41.5 Å². The second-order valence-corrected chi connectivity index (χ2v) is 8.40. The first-order valence-electron chi connectivity index (χ1n) is 8.38. The molecule has 1 fully saturated rings. The second-order valence-electron chi connectivity index (χ2n) is 6.54. The molecule has 7 nitrogen and oxygen atoms in total. The number of amides is 1. The molecule has 1 aromatic carbocycles. The zero-order valence-corrected chi connectivity index (χ0v) is 15.5. The Bertz CT molecular complexity index is 918. The Labute approximate surface area is 151 Å². The van der Waals surface area contributed by atoms with Gasteiger partial charge in [-0.2, -0.15) is 9.40 Å². The third kappa shape index (κ3) is 3.63. The van der Waals surface area contributed by atoms with Crippen molar-refractivity contribution in [3.8, 4) is 0 Å². The van der Waals surface area contributed by atoms with Crippen LogP contribution in [0.25, 0.3) is 0 Å². The smallest absolute Gasteiger partial charge is 0.263 e. The lowest BCUT2D eigenvalue weighted by atomic mass is 10.0. The molecule has 0 saturated carbocycles. The minimum atomic E-state index is -3.90. The molecular weight excluding hydrogens is 359 g/mol. The normalized spacial score (nSPS) is 16.6. The number of aryl methyl sites for hydroxylation is 1. The van der Waals surface area contributed by atoms with Gasteiger partial charge in [0.25, 0.3) is 15.9 Å². The third-order valence-electron chi connectivity index (χ3n) is 4.49. The Hall–Kier alpha value is -2.26. The van der Waals surface area contributed by atoms with Crippen molar-refractivity contribution in [3.05, 3.63) is 41.8 Å². The number of carbonyl (C=O) groups excluding carboxylic acids is 1. The van der Waals surface area contributed by atoms with Crippen molar-refractivity contribution in [2.45, 2.75) is 24.8 Å². The Morgan fingerprint density at radius 2 is 1.92 bits per heavy atom. The van der Waals surface area contributed by atoms with E-state index in [-0.39, 0.29) is 16.3 Å². The summed E-state index contributed by atoms with van der Waals surface area (Å²) in [5.41, 5.74) is -0.120. The minimum absolute atomic E-state index is 0.0171. The monoisotopic (exact) mass is 380 g/mol. The molecule has 1 aromatic heterocycles. The lowest BCUT2D eigenvalue weighted by Crippen LogP contribution is -2.38. The van der Waals surface area contributed by atoms with Crippen LogP contribution >= 0.6 is 0 Å². The Morgan fingerprint density at radius 1 is 1.27 bits per heavy atom. The maximum Gasteiger partial charge on any atom is 0.263 e. The number of nitrogens with zero attached hydrogens (tertiary/aromatic N) is 3. The van der Waals surface area contributed by atoms with Gasteiger partial charge in [-0.05, 0) is 30.9 Å². The summed E-state index contributed by atoms with van der Waals surface area (Å²) in [5, 5.41) is 6.10. The highest BCUT2D eigenvalue weighted by Gasteiger charge is 2.34. The van der Waals surface area contributed by atoms with Gasteiger partial charge in [0, 0.05) is 26.3 Å². The van der Waals surface area contributed by atoms with Crippen molar-refractivity contribution in [2.24, 2.45) is 13.0 Å². The first-order valence-corrected chi connectivity index (χ1v) is 9.82. The van der Waals surface area contributed by atoms with Crippen LogP contribution in [-0.2, 0) is 17.1 Å². The fourth-order valence-corrected chi connectivity index (χ4v) is 4.51. The highest BCUT2D eigenvalue weighted by atomic mass is 32.2. The summed E-state index contributed by atoms with van der Waals surface area (Å²) in [7, 11) is -2.36. The Balaban J connectivity index is 1.90. The first kappa shape index (κ1) is 18.5. The third-order valence-corrected chi connectivity index (χ3v) is 6.32. The molecule has 2 aromatic rings. The standard InChI is InChI=1S/C17H21FN4O3S/c1-12-7-9-22(10-8-12)26(24,25)17-13(11-21(2)20-17)16(23)19-15-6-4-3-5-14(15)18/h3-6,11-12H,7-10H2,1-2H3,(H,19,23). The van der Waals surface area contributed by atoms with E-state index in [1.54, 1.807) is 6.07 Å². The van der Waals surface area contributed by atoms with E-state index in [0.29, 0.717) is 19.0 Å². The first-order chi connectivity index (χ1) is 12.3. The van der Waals surface area contributed by atoms with E-state index in [4.69, 9.17) is 0 Å². The van der Waals surface area contributed by atoms with Crippen LogP contribution in [0.3, 0.4) is 0 Å². The average Bonchev–Trinajstić information content (AvgIpc) is 3.00. The fourth-order valence-electron chi connectivity index (χ4n) is 2.91. The number of hydrogen-bond donors (Lipinski definition) is 1. The molecule has 0 bridgehead atoms. The van der Waals surface area contributed by atoms with Crippen LogP contribution in [0.2, 0.25) is 0 Å². The largest absolute Gasteiger partial charge is 0.319 e. The van der Waals surface area contributed by atoms with Crippen molar-refractivity contribution >= 4 is 21.6 Å². The number of piperidine rings is 1. The number of benzene rings is 1. The molecular formula is C17H21FN4O3S. The van der Waals surface area contributed by atoms with Crippen molar-refractivity contribution in [1.29, 1.82) is 0 Å². The highest BCUT2D eigenvalue weighted by molar-refractivity contribution is 7.89. The van der Waals surface area contributed by atoms with Gasteiger partial charge in [0.2, 0.25) is 5.03 Å². The van der Waals surface area contributed by atoms with Gasteiger partial charge in [-0.15, -0.1) is 0 Å². The van der Waals surface area contributed by atoms with E-state index in [2.05, 4.69) is 17.3 Å². The summed E-state index contributed by atoms with van der Waals surface area (Å²) >= 11 is 0. The zero-order valence-electron chi connectivity index (χ0n) is 14.6. The molecule has 2 heterocycles. The maximum atomic E-state index is 13.8. The molecule has 0 atom stereocenters. The minimum Gasteiger partial charge on any atom is -0.319 e. The van der Waals surface area contributed by atoms with E-state index in [1.807, 2.05) is 0 Å². The number of sulfonamides is 1. The molecule has 1 saturated heterocycles. The highest BCUT2D eigenvalue weighted by Crippen LogP contribution is 2.25. The summed E-state index contributed by atoms with van der Waals surface area (Å²) in [6.07, 6.45) is 2.86. The van der Waals surface area contributed by atoms with E-state index in [1.165, 1.54) is 40.4 Å². The van der Waals surface area contributed by atoms with Gasteiger partial charge in [0.15, 0.2) is 0 Å². The number of nitrogens with one attached hydrogen (secondary N) is 1. The fraction of sp³-hybridized carbons (Fsp3) is 0.412. The van der Waals surface area contributed by atoms with Crippen molar-refractivity contribution in [1.82, 2.24) is 14.1 Å². The summed E-state index contributed by atoms with van der Waals surface area (Å²) < 4.78 is 42.3. The van der Waals surface area contributed by atoms with E-state index < -0.39 is 21.7 Å². The average molecular weight is 380 g/mol. The topological polar surface area (TPSA) is 84.3 Å². The molecule has 3 rings (SSSR count). The number of hydrogen-bond acceptors (Lipinski definition) is 4. The van der Waals surface area contributed by atoms with Crippen LogP contribution in [0.4, 0.5) is 10.1 Å². The van der Waals surface area contributed by atoms with Gasteiger partial charge in [-0.3, -0.25) is 9.48 Å². The number of carbonyl (C=O) groups is 1. The lowest BCUT2D eigenvalue weighted by Gasteiger charge is -2.28. The zero-order chi connectivity index (χ0) is 18.9. The van der Waals surface area contributed by atoms with Gasteiger partial charge in [-0.1, -0.05) is 19.1 Å². The van der Waals surface area contributed by atoms with Crippen LogP contribution in [0.1, 0.15) is 30.1 Å². The summed E-state index contributed by atoms with van der Waals surface area (Å²) in [4.78, 5) is 12.6. The number of anilines is 1. The molecule has 1 aliphatic rings. The van der Waals surface area contributed by atoms with Gasteiger partial charge >= 0.3 is 0 Å². The Kier molecular flexibility index (Phi) is 5.10. The number of para-hydroxylation sites is 1. The van der Waals surface area contributed by atoms with E-state index in [9.17, 15) is 17.6 Å². The quantitative estimate of drug-likeness (QED) is 0.882. The van der Waals surface area contributed by atoms with Crippen LogP contribution in [0, 0.1) is 11.7 Å². The van der Waals surface area contributed by atoms with Crippen molar-refractivity contribution in [3.63, 3.8) is 0 Å². The van der Waals surface area contributed by atoms with Gasteiger partial charge in [0.1, 0.15) is 5.82 Å². The van der Waals surface area contributed by atoms with E-state index in [0.717, 1.165) is 12.8 Å². The molecule has 0 aliphatic carbocycles. The van der Waals surface area contributed by atoms with Gasteiger partial charge in [0.05, 0.1) is 11.3 Å². The van der Waals surface area contributed by atoms with Crippen LogP contribution in [0.5, 0.6) is 0 Å². The van der Waals surface area contributed by atoms with E-state index >= 15 is 0 Å². The predicted molar refractivity (Wildman–Crippen MR) is 94.7 cm³/mol. The summed E-state index contributed by atoms with van der Waals surface area (Å²) in [5.74, 6) is -0.847. The molecule has 1 N–H and O–H groups in total. The SMILES string of the molecule is CC1CCN(S(=O)(=O)c2nn(C)cc2C(=O)Nc2ccccc2F)CC1. The Morgan fingerprint density at radius 3 is 2.58 bits per heavy atom. The maximum absolute atomic E-state index is 13.8. The van der Waals surface area contributed by atoms with Gasteiger partial charge in [-0.25, -0.2) is 12.8 Å². The number of rotatable bonds is 4. The number of aromatic nitrogens is 2. The molecule has 1 aliphatic heterocycles. The van der Waals surface area contributed by atoms with Crippen molar-refractivity contribution < 1.29 is 17.6 Å². The molecule has 140 valence electrons. The van der Waals surface area contributed by atoms with Crippen molar-refractivity contribution in [2.75, 3.05) is 18.4 Å². The summed E-state index contributed by atoms with van der Waals surface area (Å²) in [6, 6.07) is 5.70. The molecule has 1 amide bonds. The molecule has 9 heteroatoms. The number of halogens is 1. The molecule has 0 unspecified atom stereocenters. The van der Waals surface area contributed by atoms with Gasteiger partial charge < -0.3 is 5.32 Å². The predicted octanol–water partition coefficient (Wildman–Crippen LogP) is 2.23. The molecule has 26 heavy (non-hydrogen) atoms. The summed E-state index contributed by atoms with van der Waals surface area (Å²) in [6.45, 7) is 2.88. The molecule has 0 radical (unpaired) electrons. The van der Waals surface area contributed by atoms with Crippen LogP contribution in [0.15, 0.2) is 35.5 Å². The lowest BCUT2D eigenvalue weighted by molar-refractivity contribution is 0.102.